The Bertz CT molecular complexity index is 1150. The molecule has 0 radical (unpaired) electrons. The zero-order valence-corrected chi connectivity index (χ0v) is 18.6. The second kappa shape index (κ2) is 11.2. The van der Waals surface area contributed by atoms with Crippen LogP contribution in [0, 0.1) is 0 Å². The van der Waals surface area contributed by atoms with Gasteiger partial charge < -0.3 is 10.6 Å². The standard InChI is InChI=1S/C27H28N4O2/c32-26(12-10-20-14-18-28-24-8-3-1-6-22(20)24)30-16-5-17-31-27(33)13-11-21-15-19-29-25-9-4-2-7-23(21)25/h1-4,6-9,14-15,18-19H,5,10-13,16-17H2,(H,30,32)(H,31,33). The molecule has 6 heteroatoms. The molecule has 2 N–H and O–H groups in total. The molecular weight excluding hydrogens is 412 g/mol. The first-order chi connectivity index (χ1) is 16.2. The number of amides is 2. The van der Waals surface area contributed by atoms with Gasteiger partial charge in [-0.3, -0.25) is 19.6 Å². The highest BCUT2D eigenvalue weighted by molar-refractivity contribution is 5.84. The molecule has 0 spiro atoms. The van der Waals surface area contributed by atoms with Crippen molar-refractivity contribution in [2.45, 2.75) is 32.1 Å². The highest BCUT2D eigenvalue weighted by Crippen LogP contribution is 2.18. The molecule has 0 atom stereocenters. The lowest BCUT2D eigenvalue weighted by atomic mass is 10.0. The zero-order chi connectivity index (χ0) is 22.9. The fourth-order valence-corrected chi connectivity index (χ4v) is 3.96. The van der Waals surface area contributed by atoms with Gasteiger partial charge in [0, 0.05) is 49.1 Å². The first-order valence-electron chi connectivity index (χ1n) is 11.4. The van der Waals surface area contributed by atoms with Gasteiger partial charge in [0.05, 0.1) is 11.0 Å². The monoisotopic (exact) mass is 440 g/mol. The number of nitrogens with one attached hydrogen (secondary N) is 2. The number of fused-ring (bicyclic) bond motifs is 2. The van der Waals surface area contributed by atoms with Gasteiger partial charge in [0.1, 0.15) is 0 Å². The molecule has 0 aliphatic heterocycles. The lowest BCUT2D eigenvalue weighted by Gasteiger charge is -2.09. The van der Waals surface area contributed by atoms with Crippen molar-refractivity contribution in [3.8, 4) is 0 Å². The van der Waals surface area contributed by atoms with Crippen LogP contribution in [-0.4, -0.2) is 34.9 Å². The fourth-order valence-electron chi connectivity index (χ4n) is 3.96. The Hall–Kier alpha value is -3.80. The molecule has 0 aliphatic carbocycles. The number of hydrogen-bond acceptors (Lipinski definition) is 4. The van der Waals surface area contributed by atoms with E-state index in [2.05, 4.69) is 20.6 Å². The molecule has 33 heavy (non-hydrogen) atoms. The molecule has 2 heterocycles. The molecule has 6 nitrogen and oxygen atoms in total. The van der Waals surface area contributed by atoms with Crippen molar-refractivity contribution in [1.29, 1.82) is 0 Å². The lowest BCUT2D eigenvalue weighted by molar-refractivity contribution is -0.121. The summed E-state index contributed by atoms with van der Waals surface area (Å²) in [5, 5.41) is 8.07. The van der Waals surface area contributed by atoms with Crippen molar-refractivity contribution in [2.24, 2.45) is 0 Å². The zero-order valence-electron chi connectivity index (χ0n) is 18.6. The van der Waals surface area contributed by atoms with E-state index in [-0.39, 0.29) is 11.8 Å². The van der Waals surface area contributed by atoms with Crippen LogP contribution in [0.3, 0.4) is 0 Å². The highest BCUT2D eigenvalue weighted by Gasteiger charge is 2.07. The van der Waals surface area contributed by atoms with E-state index in [1.54, 1.807) is 12.4 Å². The summed E-state index contributed by atoms with van der Waals surface area (Å²) in [5.74, 6) is 0.0403. The molecule has 2 aromatic heterocycles. The second-order valence-electron chi connectivity index (χ2n) is 8.03. The molecule has 4 aromatic rings. The maximum absolute atomic E-state index is 12.2. The normalized spacial score (nSPS) is 10.9. The van der Waals surface area contributed by atoms with Gasteiger partial charge in [-0.1, -0.05) is 36.4 Å². The number of carbonyl (C=O) groups excluding carboxylic acids is 2. The van der Waals surface area contributed by atoms with Gasteiger partial charge in [0.25, 0.3) is 0 Å². The van der Waals surface area contributed by atoms with E-state index < -0.39 is 0 Å². The molecular formula is C27H28N4O2. The van der Waals surface area contributed by atoms with Crippen LogP contribution in [-0.2, 0) is 22.4 Å². The smallest absolute Gasteiger partial charge is 0.220 e. The average molecular weight is 441 g/mol. The van der Waals surface area contributed by atoms with Crippen LogP contribution in [0.25, 0.3) is 21.8 Å². The van der Waals surface area contributed by atoms with Gasteiger partial charge >= 0.3 is 0 Å². The number of aryl methyl sites for hydroxylation is 2. The molecule has 0 saturated heterocycles. The Labute approximate surface area is 193 Å². The van der Waals surface area contributed by atoms with E-state index in [0.29, 0.717) is 45.2 Å². The topological polar surface area (TPSA) is 84.0 Å². The predicted molar refractivity (Wildman–Crippen MR) is 131 cm³/mol. The molecule has 168 valence electrons. The van der Waals surface area contributed by atoms with Crippen LogP contribution < -0.4 is 10.6 Å². The summed E-state index contributed by atoms with van der Waals surface area (Å²) >= 11 is 0. The van der Waals surface area contributed by atoms with E-state index in [1.807, 2.05) is 60.7 Å². The maximum atomic E-state index is 12.2. The molecule has 0 aliphatic rings. The molecule has 0 saturated carbocycles. The summed E-state index contributed by atoms with van der Waals surface area (Å²) < 4.78 is 0. The third kappa shape index (κ3) is 6.13. The van der Waals surface area contributed by atoms with Crippen LogP contribution in [0.4, 0.5) is 0 Å². The second-order valence-corrected chi connectivity index (χ2v) is 8.03. The number of hydrogen-bond donors (Lipinski definition) is 2. The summed E-state index contributed by atoms with van der Waals surface area (Å²) in [6, 6.07) is 19.9. The third-order valence-corrected chi connectivity index (χ3v) is 5.72. The van der Waals surface area contributed by atoms with Crippen molar-refractivity contribution < 1.29 is 9.59 Å². The predicted octanol–water partition coefficient (Wildman–Crippen LogP) is 3.97. The van der Waals surface area contributed by atoms with Gasteiger partial charge in [-0.15, -0.1) is 0 Å². The quantitative estimate of drug-likeness (QED) is 0.366. The molecule has 0 unspecified atom stereocenters. The number of rotatable bonds is 10. The Morgan fingerprint density at radius 2 is 1.09 bits per heavy atom. The van der Waals surface area contributed by atoms with Gasteiger partial charge in [0.2, 0.25) is 11.8 Å². The van der Waals surface area contributed by atoms with Crippen LogP contribution >= 0.6 is 0 Å². The van der Waals surface area contributed by atoms with Crippen LogP contribution in [0.5, 0.6) is 0 Å². The van der Waals surface area contributed by atoms with E-state index in [1.165, 1.54) is 0 Å². The fraction of sp³-hybridized carbons (Fsp3) is 0.259. The van der Waals surface area contributed by atoms with Crippen molar-refractivity contribution >= 4 is 33.6 Å². The summed E-state index contributed by atoms with van der Waals surface area (Å²) in [6.45, 7) is 1.09. The van der Waals surface area contributed by atoms with Gasteiger partial charge in [-0.2, -0.15) is 0 Å². The summed E-state index contributed by atoms with van der Waals surface area (Å²) in [5.41, 5.74) is 4.15. The van der Waals surface area contributed by atoms with Gasteiger partial charge in [-0.25, -0.2) is 0 Å². The first kappa shape index (κ1) is 22.4. The van der Waals surface area contributed by atoms with Crippen molar-refractivity contribution in [3.63, 3.8) is 0 Å². The van der Waals surface area contributed by atoms with Crippen LogP contribution in [0.1, 0.15) is 30.4 Å². The van der Waals surface area contributed by atoms with E-state index in [9.17, 15) is 9.59 Å². The summed E-state index contributed by atoms with van der Waals surface area (Å²) in [7, 11) is 0. The highest BCUT2D eigenvalue weighted by atomic mass is 16.2. The summed E-state index contributed by atoms with van der Waals surface area (Å²) in [6.07, 6.45) is 6.49. The third-order valence-electron chi connectivity index (χ3n) is 5.72. The van der Waals surface area contributed by atoms with Crippen molar-refractivity contribution in [3.05, 3.63) is 84.2 Å². The minimum atomic E-state index is 0.0202. The number of para-hydroxylation sites is 2. The number of carbonyl (C=O) groups is 2. The van der Waals surface area contributed by atoms with Crippen molar-refractivity contribution in [2.75, 3.05) is 13.1 Å². The Kier molecular flexibility index (Phi) is 7.59. The molecule has 2 aromatic carbocycles. The Morgan fingerprint density at radius 1 is 0.636 bits per heavy atom. The maximum Gasteiger partial charge on any atom is 0.220 e. The lowest BCUT2D eigenvalue weighted by Crippen LogP contribution is -2.30. The first-order valence-corrected chi connectivity index (χ1v) is 11.4. The Morgan fingerprint density at radius 3 is 1.58 bits per heavy atom. The van der Waals surface area contributed by atoms with E-state index in [0.717, 1.165) is 32.9 Å². The van der Waals surface area contributed by atoms with Crippen LogP contribution in [0.15, 0.2) is 73.1 Å². The SMILES string of the molecule is O=C(CCc1ccnc2ccccc12)NCCCNC(=O)CCc1ccnc2ccccc12. The molecule has 2 amide bonds. The number of aromatic nitrogens is 2. The van der Waals surface area contributed by atoms with Gasteiger partial charge in [0.15, 0.2) is 0 Å². The summed E-state index contributed by atoms with van der Waals surface area (Å²) in [4.78, 5) is 33.1. The van der Waals surface area contributed by atoms with Gasteiger partial charge in [-0.05, 0) is 54.7 Å². The number of nitrogens with zero attached hydrogens (tertiary/aromatic N) is 2. The number of pyridine rings is 2. The Balaban J connectivity index is 1.12. The van der Waals surface area contributed by atoms with E-state index in [4.69, 9.17) is 0 Å². The minimum Gasteiger partial charge on any atom is -0.356 e. The molecule has 4 rings (SSSR count). The minimum absolute atomic E-state index is 0.0202. The van der Waals surface area contributed by atoms with E-state index >= 15 is 0 Å². The van der Waals surface area contributed by atoms with Crippen molar-refractivity contribution in [1.82, 2.24) is 20.6 Å². The largest absolute Gasteiger partial charge is 0.356 e. The number of benzene rings is 2. The molecule has 0 fully saturated rings. The molecule has 0 bridgehead atoms. The van der Waals surface area contributed by atoms with Crippen LogP contribution in [0.2, 0.25) is 0 Å². The average Bonchev–Trinajstić information content (AvgIpc) is 2.86.